The maximum atomic E-state index is 6.50. The van der Waals surface area contributed by atoms with Crippen LogP contribution >= 0.6 is 0 Å². The van der Waals surface area contributed by atoms with Crippen molar-refractivity contribution in [1.29, 1.82) is 0 Å². The summed E-state index contributed by atoms with van der Waals surface area (Å²) in [7, 11) is 0. The molecule has 0 spiro atoms. The van der Waals surface area contributed by atoms with Crippen LogP contribution in [0.5, 0.6) is 0 Å². The van der Waals surface area contributed by atoms with Gasteiger partial charge in [-0.15, -0.1) is 0 Å². The van der Waals surface area contributed by atoms with E-state index in [0.717, 1.165) is 33.1 Å². The summed E-state index contributed by atoms with van der Waals surface area (Å²) < 4.78 is 6.50. The first kappa shape index (κ1) is 33.4. The number of furan rings is 1. The average Bonchev–Trinajstić information content (AvgIpc) is 3.67. The van der Waals surface area contributed by atoms with Gasteiger partial charge in [-0.25, -0.2) is 0 Å². The van der Waals surface area contributed by atoms with Crippen LogP contribution in [0.3, 0.4) is 0 Å². The number of fused-ring (bicyclic) bond motifs is 3. The van der Waals surface area contributed by atoms with Gasteiger partial charge in [0.1, 0.15) is 11.2 Å². The second kappa shape index (κ2) is 14.5. The molecule has 1 heterocycles. The Morgan fingerprint density at radius 1 is 0.268 bits per heavy atom. The van der Waals surface area contributed by atoms with Crippen molar-refractivity contribution in [1.82, 2.24) is 0 Å². The van der Waals surface area contributed by atoms with Crippen molar-refractivity contribution in [3.8, 4) is 55.6 Å². The normalized spacial score (nSPS) is 11.4. The van der Waals surface area contributed by atoms with E-state index < -0.39 is 0 Å². The summed E-state index contributed by atoms with van der Waals surface area (Å²) in [5, 5.41) is 2.28. The molecule has 0 fully saturated rings. The predicted octanol–water partition coefficient (Wildman–Crippen LogP) is 15.1. The molecule has 1 heteroatoms. The van der Waals surface area contributed by atoms with Crippen molar-refractivity contribution in [2.45, 2.75) is 5.92 Å². The van der Waals surface area contributed by atoms with Crippen molar-refractivity contribution >= 4 is 21.9 Å². The molecule has 0 bridgehead atoms. The number of rotatable bonds is 8. The summed E-state index contributed by atoms with van der Waals surface area (Å²) in [5.74, 6) is 0.00154. The van der Waals surface area contributed by atoms with Crippen molar-refractivity contribution in [2.24, 2.45) is 0 Å². The summed E-state index contributed by atoms with van der Waals surface area (Å²) >= 11 is 0. The van der Waals surface area contributed by atoms with E-state index in [9.17, 15) is 0 Å². The van der Waals surface area contributed by atoms with Crippen molar-refractivity contribution in [3.05, 3.63) is 241 Å². The number of para-hydroxylation sites is 2. The van der Waals surface area contributed by atoms with Gasteiger partial charge in [0.05, 0.1) is 0 Å². The molecule has 0 N–H and O–H groups in total. The molecule has 0 saturated carbocycles. The SMILES string of the molecule is c1ccc(-c2ccccc2-c2ccc(C(c3ccc(-c4ccccc4-c4ccccc4)cc3)c3cccc(-c4cccc5c4oc4ccccc45)c3)cc2)cc1. The zero-order valence-electron chi connectivity index (χ0n) is 30.8. The van der Waals surface area contributed by atoms with Crippen molar-refractivity contribution in [3.63, 3.8) is 0 Å². The molecule has 0 atom stereocenters. The van der Waals surface area contributed by atoms with E-state index in [2.05, 4.69) is 218 Å². The van der Waals surface area contributed by atoms with Crippen LogP contribution in [0.15, 0.2) is 229 Å². The lowest BCUT2D eigenvalue weighted by Crippen LogP contribution is -2.04. The fourth-order valence-electron chi connectivity index (χ4n) is 8.36. The van der Waals surface area contributed by atoms with Crippen LogP contribution in [-0.2, 0) is 0 Å². The maximum Gasteiger partial charge on any atom is 0.143 e. The van der Waals surface area contributed by atoms with Crippen LogP contribution in [0, 0.1) is 0 Å². The lowest BCUT2D eigenvalue weighted by Gasteiger charge is -2.21. The highest BCUT2D eigenvalue weighted by Gasteiger charge is 2.20. The van der Waals surface area contributed by atoms with Gasteiger partial charge in [0.2, 0.25) is 0 Å². The highest BCUT2D eigenvalue weighted by Crippen LogP contribution is 2.41. The Morgan fingerprint density at radius 2 is 0.679 bits per heavy atom. The van der Waals surface area contributed by atoms with E-state index in [1.165, 1.54) is 61.2 Å². The third-order valence-corrected chi connectivity index (χ3v) is 11.1. The lowest BCUT2D eigenvalue weighted by molar-refractivity contribution is 0.670. The van der Waals surface area contributed by atoms with Crippen LogP contribution in [-0.4, -0.2) is 0 Å². The molecule has 1 nitrogen and oxygen atoms in total. The standard InChI is InChI=1S/C55H38O/c1-3-15-38(16-4-1)46-21-7-9-23-48(46)40-29-33-42(34-30-40)54(43-35-31-41(32-36-43)49-24-10-8-22-47(49)39-17-5-2-6-18-39)45-20-13-19-44(37-45)50-26-14-27-52-51-25-11-12-28-53(51)56-55(50)52/h1-37,54H. The molecule has 1 aromatic heterocycles. The first-order valence-corrected chi connectivity index (χ1v) is 19.3. The maximum absolute atomic E-state index is 6.50. The fourth-order valence-corrected chi connectivity index (χ4v) is 8.36. The monoisotopic (exact) mass is 714 g/mol. The van der Waals surface area contributed by atoms with Gasteiger partial charge in [-0.3, -0.25) is 0 Å². The summed E-state index contributed by atoms with van der Waals surface area (Å²) in [6, 6.07) is 80.9. The largest absolute Gasteiger partial charge is 0.455 e. The van der Waals surface area contributed by atoms with Crippen LogP contribution in [0.2, 0.25) is 0 Å². The minimum Gasteiger partial charge on any atom is -0.455 e. The zero-order valence-corrected chi connectivity index (χ0v) is 30.8. The Labute approximate surface area is 327 Å². The van der Waals surface area contributed by atoms with E-state index in [1.807, 2.05) is 6.07 Å². The van der Waals surface area contributed by atoms with Gasteiger partial charge in [0, 0.05) is 22.3 Å². The van der Waals surface area contributed by atoms with Crippen LogP contribution in [0.25, 0.3) is 77.6 Å². The fraction of sp³-hybridized carbons (Fsp3) is 0.0182. The van der Waals surface area contributed by atoms with E-state index in [-0.39, 0.29) is 5.92 Å². The lowest BCUT2D eigenvalue weighted by atomic mass is 9.82. The third-order valence-electron chi connectivity index (χ3n) is 11.1. The molecule has 0 aliphatic rings. The van der Waals surface area contributed by atoms with Crippen LogP contribution in [0.1, 0.15) is 22.6 Å². The molecule has 0 unspecified atom stereocenters. The molecule has 0 aliphatic carbocycles. The van der Waals surface area contributed by atoms with Gasteiger partial charge in [-0.1, -0.05) is 218 Å². The Kier molecular flexibility index (Phi) is 8.67. The highest BCUT2D eigenvalue weighted by molar-refractivity contribution is 6.09. The number of benzene rings is 9. The smallest absolute Gasteiger partial charge is 0.143 e. The van der Waals surface area contributed by atoms with Crippen LogP contribution in [0.4, 0.5) is 0 Å². The van der Waals surface area contributed by atoms with Gasteiger partial charge in [-0.2, -0.15) is 0 Å². The zero-order chi connectivity index (χ0) is 37.3. The third kappa shape index (κ3) is 6.20. The van der Waals surface area contributed by atoms with E-state index >= 15 is 0 Å². The second-order valence-corrected chi connectivity index (χ2v) is 14.4. The molecule has 56 heavy (non-hydrogen) atoms. The van der Waals surface area contributed by atoms with Gasteiger partial charge < -0.3 is 4.42 Å². The van der Waals surface area contributed by atoms with Gasteiger partial charge >= 0.3 is 0 Å². The first-order chi connectivity index (χ1) is 27.8. The summed E-state index contributed by atoms with van der Waals surface area (Å²) in [6.45, 7) is 0. The average molecular weight is 715 g/mol. The van der Waals surface area contributed by atoms with E-state index in [0.29, 0.717) is 0 Å². The molecular weight excluding hydrogens is 677 g/mol. The minimum atomic E-state index is 0.00154. The summed E-state index contributed by atoms with van der Waals surface area (Å²) in [6.07, 6.45) is 0. The van der Waals surface area contributed by atoms with Crippen LogP contribution < -0.4 is 0 Å². The molecule has 0 amide bonds. The van der Waals surface area contributed by atoms with E-state index in [4.69, 9.17) is 4.42 Å². The van der Waals surface area contributed by atoms with Gasteiger partial charge in [0.15, 0.2) is 0 Å². The molecule has 0 radical (unpaired) electrons. The first-order valence-electron chi connectivity index (χ1n) is 19.3. The Morgan fingerprint density at radius 3 is 1.23 bits per heavy atom. The summed E-state index contributed by atoms with van der Waals surface area (Å²) in [5.41, 5.74) is 17.5. The molecular formula is C55H38O. The number of hydrogen-bond donors (Lipinski definition) is 0. The Bertz CT molecular complexity index is 2810. The quantitative estimate of drug-likeness (QED) is 0.143. The Balaban J connectivity index is 1.08. The summed E-state index contributed by atoms with van der Waals surface area (Å²) in [4.78, 5) is 0. The molecule has 10 aromatic rings. The number of hydrogen-bond acceptors (Lipinski definition) is 1. The van der Waals surface area contributed by atoms with Crippen molar-refractivity contribution in [2.75, 3.05) is 0 Å². The highest BCUT2D eigenvalue weighted by atomic mass is 16.3. The Hall–Kier alpha value is -7.22. The molecule has 0 saturated heterocycles. The second-order valence-electron chi connectivity index (χ2n) is 14.4. The van der Waals surface area contributed by atoms with E-state index in [1.54, 1.807) is 0 Å². The van der Waals surface area contributed by atoms with Gasteiger partial charge in [0.25, 0.3) is 0 Å². The van der Waals surface area contributed by atoms with Gasteiger partial charge in [-0.05, 0) is 72.8 Å². The molecule has 0 aliphatic heterocycles. The topological polar surface area (TPSA) is 13.1 Å². The molecule has 10 rings (SSSR count). The minimum absolute atomic E-state index is 0.00154. The molecule has 264 valence electrons. The molecule has 9 aromatic carbocycles. The predicted molar refractivity (Wildman–Crippen MR) is 235 cm³/mol. The van der Waals surface area contributed by atoms with Crippen molar-refractivity contribution < 1.29 is 4.42 Å².